The first-order chi connectivity index (χ1) is 15.2. The van der Waals surface area contributed by atoms with Gasteiger partial charge in [0.15, 0.2) is 11.5 Å². The van der Waals surface area contributed by atoms with E-state index in [0.717, 1.165) is 52.1 Å². The molecule has 8 nitrogen and oxygen atoms in total. The number of anilines is 3. The van der Waals surface area contributed by atoms with Gasteiger partial charge in [0.2, 0.25) is 0 Å². The van der Waals surface area contributed by atoms with E-state index in [0.29, 0.717) is 12.4 Å². The van der Waals surface area contributed by atoms with E-state index in [2.05, 4.69) is 43.6 Å². The molecule has 4 heterocycles. The summed E-state index contributed by atoms with van der Waals surface area (Å²) >= 11 is 0. The number of hydrogen-bond acceptors (Lipinski definition) is 6. The van der Waals surface area contributed by atoms with Gasteiger partial charge in [0.05, 0.1) is 23.5 Å². The monoisotopic (exact) mass is 411 g/mol. The molecule has 0 radical (unpaired) electrons. The molecule has 0 saturated carbocycles. The lowest BCUT2D eigenvalue weighted by Gasteiger charge is -2.18. The van der Waals surface area contributed by atoms with Crippen molar-refractivity contribution in [3.05, 3.63) is 67.3 Å². The molecule has 1 saturated heterocycles. The Hall–Kier alpha value is -3.91. The number of H-pyrrole nitrogens is 1. The van der Waals surface area contributed by atoms with Crippen LogP contribution in [0.2, 0.25) is 0 Å². The van der Waals surface area contributed by atoms with E-state index >= 15 is 0 Å². The number of benzene rings is 2. The van der Waals surface area contributed by atoms with Crippen molar-refractivity contribution in [1.29, 1.82) is 0 Å². The minimum atomic E-state index is -0.237. The molecule has 3 aromatic heterocycles. The quantitative estimate of drug-likeness (QED) is 0.418. The summed E-state index contributed by atoms with van der Waals surface area (Å²) < 4.78 is 1.97. The Bertz CT molecular complexity index is 1370. The maximum Gasteiger partial charge on any atom is 0.180 e. The largest absolute Gasteiger partial charge is 0.391 e. The van der Waals surface area contributed by atoms with Crippen LogP contribution in [0.5, 0.6) is 0 Å². The van der Waals surface area contributed by atoms with Crippen LogP contribution in [0.15, 0.2) is 67.3 Å². The maximum absolute atomic E-state index is 9.78. The van der Waals surface area contributed by atoms with Crippen molar-refractivity contribution in [2.45, 2.75) is 12.5 Å². The minimum Gasteiger partial charge on any atom is -0.391 e. The molecule has 6 rings (SSSR count). The van der Waals surface area contributed by atoms with Crippen molar-refractivity contribution in [2.75, 3.05) is 23.3 Å². The van der Waals surface area contributed by atoms with Crippen molar-refractivity contribution < 1.29 is 5.11 Å². The molecular formula is C23H21N7O. The highest BCUT2D eigenvalue weighted by Crippen LogP contribution is 2.28. The molecule has 31 heavy (non-hydrogen) atoms. The van der Waals surface area contributed by atoms with Crippen molar-refractivity contribution in [2.24, 2.45) is 0 Å². The van der Waals surface area contributed by atoms with Crippen LogP contribution in [-0.4, -0.2) is 48.9 Å². The molecule has 154 valence electrons. The Kier molecular flexibility index (Phi) is 4.10. The summed E-state index contributed by atoms with van der Waals surface area (Å²) in [7, 11) is 0. The van der Waals surface area contributed by atoms with Crippen LogP contribution in [0.4, 0.5) is 17.2 Å². The summed E-state index contributed by atoms with van der Waals surface area (Å²) in [5.41, 5.74) is 5.62. The third kappa shape index (κ3) is 3.27. The molecule has 0 bridgehead atoms. The van der Waals surface area contributed by atoms with Gasteiger partial charge in [-0.25, -0.2) is 9.97 Å². The van der Waals surface area contributed by atoms with Crippen LogP contribution in [0.25, 0.3) is 27.8 Å². The fraction of sp³-hybridized carbons (Fsp3) is 0.174. The van der Waals surface area contributed by atoms with E-state index in [1.165, 1.54) is 0 Å². The molecule has 5 aromatic rings. The molecule has 3 N–H and O–H groups in total. The van der Waals surface area contributed by atoms with Crippen molar-refractivity contribution in [1.82, 2.24) is 24.6 Å². The summed E-state index contributed by atoms with van der Waals surface area (Å²) in [6.07, 6.45) is 8.06. The second-order valence-electron chi connectivity index (χ2n) is 7.87. The highest BCUT2D eigenvalue weighted by molar-refractivity contribution is 5.84. The Balaban J connectivity index is 1.34. The van der Waals surface area contributed by atoms with Gasteiger partial charge in [0.1, 0.15) is 0 Å². The number of imidazole rings is 1. The second kappa shape index (κ2) is 7.10. The van der Waals surface area contributed by atoms with Crippen molar-refractivity contribution in [3.63, 3.8) is 0 Å². The lowest BCUT2D eigenvalue weighted by Crippen LogP contribution is -2.20. The molecule has 1 aliphatic heterocycles. The first kappa shape index (κ1) is 17.9. The van der Waals surface area contributed by atoms with E-state index in [1.807, 2.05) is 47.3 Å². The van der Waals surface area contributed by atoms with Crippen LogP contribution >= 0.6 is 0 Å². The highest BCUT2D eigenvalue weighted by Gasteiger charge is 2.20. The van der Waals surface area contributed by atoms with Crippen molar-refractivity contribution >= 4 is 33.7 Å². The molecule has 2 aromatic carbocycles. The fourth-order valence-electron chi connectivity index (χ4n) is 4.12. The van der Waals surface area contributed by atoms with Crippen LogP contribution in [0.1, 0.15) is 6.42 Å². The van der Waals surface area contributed by atoms with E-state index in [4.69, 9.17) is 4.98 Å². The van der Waals surface area contributed by atoms with Gasteiger partial charge in [-0.15, -0.1) is 0 Å². The van der Waals surface area contributed by atoms with Crippen molar-refractivity contribution in [3.8, 4) is 11.3 Å². The summed E-state index contributed by atoms with van der Waals surface area (Å²) in [5, 5.41) is 21.4. The molecule has 0 unspecified atom stereocenters. The first-order valence-electron chi connectivity index (χ1n) is 10.3. The lowest BCUT2D eigenvalue weighted by atomic mass is 10.1. The fourth-order valence-corrected chi connectivity index (χ4v) is 4.12. The average molecular weight is 411 g/mol. The predicted molar refractivity (Wildman–Crippen MR) is 121 cm³/mol. The number of hydrogen-bond donors (Lipinski definition) is 3. The molecule has 0 aliphatic carbocycles. The standard InChI is InChI=1S/C23H21N7O/c31-19-7-9-29(13-19)18-5-3-17(4-6-18)26-22-23-24-8-10-30(23)14-21(27-22)15-1-2-16-12-25-28-20(16)11-15/h1-6,8,10-12,14,19,31H,7,9,13H2,(H,25,28)(H,26,27)/t19-/m1/s1. The van der Waals surface area contributed by atoms with Gasteiger partial charge >= 0.3 is 0 Å². The third-order valence-corrected chi connectivity index (χ3v) is 5.77. The van der Waals surface area contributed by atoms with Gasteiger partial charge in [-0.1, -0.05) is 12.1 Å². The molecule has 1 aliphatic rings. The Morgan fingerprint density at radius 3 is 2.87 bits per heavy atom. The Morgan fingerprint density at radius 2 is 2.03 bits per heavy atom. The van der Waals surface area contributed by atoms with E-state index < -0.39 is 0 Å². The van der Waals surface area contributed by atoms with Gasteiger partial charge in [-0.2, -0.15) is 5.10 Å². The molecule has 8 heteroatoms. The first-order valence-corrected chi connectivity index (χ1v) is 10.3. The van der Waals surface area contributed by atoms with E-state index in [-0.39, 0.29) is 6.10 Å². The summed E-state index contributed by atoms with van der Waals surface area (Å²) in [4.78, 5) is 11.5. The zero-order chi connectivity index (χ0) is 20.8. The minimum absolute atomic E-state index is 0.237. The Morgan fingerprint density at radius 1 is 1.13 bits per heavy atom. The van der Waals surface area contributed by atoms with Gasteiger partial charge in [0, 0.05) is 54.0 Å². The van der Waals surface area contributed by atoms with E-state index in [9.17, 15) is 5.11 Å². The van der Waals surface area contributed by atoms with Crippen LogP contribution in [0, 0.1) is 0 Å². The number of aliphatic hydroxyl groups excluding tert-OH is 1. The second-order valence-corrected chi connectivity index (χ2v) is 7.87. The van der Waals surface area contributed by atoms with Gasteiger partial charge in [0.25, 0.3) is 0 Å². The number of nitrogens with zero attached hydrogens (tertiary/aromatic N) is 5. The number of aromatic amines is 1. The van der Waals surface area contributed by atoms with Gasteiger partial charge in [-0.05, 0) is 36.8 Å². The third-order valence-electron chi connectivity index (χ3n) is 5.77. The normalized spacial score (nSPS) is 16.4. The number of β-amino-alcohol motifs (C(OH)–C–C–N with tert-alkyl or cyclic N) is 1. The Labute approximate surface area is 178 Å². The number of fused-ring (bicyclic) bond motifs is 2. The highest BCUT2D eigenvalue weighted by atomic mass is 16.3. The summed E-state index contributed by atoms with van der Waals surface area (Å²) in [6, 6.07) is 14.3. The van der Waals surface area contributed by atoms with Crippen LogP contribution in [0.3, 0.4) is 0 Å². The average Bonchev–Trinajstić information content (AvgIpc) is 3.54. The van der Waals surface area contributed by atoms with Crippen LogP contribution in [-0.2, 0) is 0 Å². The molecular weight excluding hydrogens is 390 g/mol. The van der Waals surface area contributed by atoms with E-state index in [1.54, 1.807) is 6.20 Å². The number of rotatable bonds is 4. The summed E-state index contributed by atoms with van der Waals surface area (Å²) in [5.74, 6) is 0.691. The smallest absolute Gasteiger partial charge is 0.180 e. The lowest BCUT2D eigenvalue weighted by molar-refractivity contribution is 0.198. The molecule has 1 atom stereocenters. The van der Waals surface area contributed by atoms with Gasteiger partial charge < -0.3 is 19.7 Å². The summed E-state index contributed by atoms with van der Waals surface area (Å²) in [6.45, 7) is 1.57. The molecule has 0 amide bonds. The maximum atomic E-state index is 9.78. The van der Waals surface area contributed by atoms with Crippen LogP contribution < -0.4 is 10.2 Å². The number of aliphatic hydroxyl groups is 1. The SMILES string of the molecule is O[C@@H]1CCN(c2ccc(Nc3nc(-c4ccc5cn[nH]c5c4)cn4ccnc34)cc2)C1. The number of nitrogens with one attached hydrogen (secondary N) is 2. The molecule has 1 fully saturated rings. The zero-order valence-corrected chi connectivity index (χ0v) is 16.7. The van der Waals surface area contributed by atoms with Gasteiger partial charge in [-0.3, -0.25) is 5.10 Å². The molecule has 0 spiro atoms. The topological polar surface area (TPSA) is 94.4 Å². The zero-order valence-electron chi connectivity index (χ0n) is 16.7. The predicted octanol–water partition coefficient (Wildman–Crippen LogP) is 3.59. The number of aromatic nitrogens is 5.